The molecule has 2 fully saturated rings. The van der Waals surface area contributed by atoms with Gasteiger partial charge >= 0.3 is 0 Å². The average Bonchev–Trinajstić information content (AvgIpc) is 3.06. The predicted octanol–water partition coefficient (Wildman–Crippen LogP) is 2.81. The average molecular weight is 350 g/mol. The lowest BCUT2D eigenvalue weighted by atomic mass is 10.1. The minimum atomic E-state index is -0.627. The molecular formula is C18H26N2O3S. The lowest BCUT2D eigenvalue weighted by molar-refractivity contribution is -0.139. The van der Waals surface area contributed by atoms with E-state index in [-0.39, 0.29) is 5.78 Å². The van der Waals surface area contributed by atoms with Gasteiger partial charge in [-0.15, -0.1) is 11.8 Å². The Morgan fingerprint density at radius 3 is 2.54 bits per heavy atom. The molecule has 6 heteroatoms. The van der Waals surface area contributed by atoms with Crippen molar-refractivity contribution in [2.24, 2.45) is 0 Å². The first-order valence-electron chi connectivity index (χ1n) is 8.61. The standard InChI is InChI=1S/C18H26N2O3S/c1-15(21)18(14-23-17-9-5-4-8-16(17)22-2)20(12-13-24-18)19-10-6-3-7-11-19/h4-5,8-9H,3,6-7,10-14H2,1-2H3. The Labute approximate surface area is 148 Å². The fourth-order valence-electron chi connectivity index (χ4n) is 3.46. The Morgan fingerprint density at radius 1 is 1.17 bits per heavy atom. The second kappa shape index (κ2) is 7.76. The zero-order chi connectivity index (χ0) is 17.0. The number of rotatable bonds is 6. The van der Waals surface area contributed by atoms with Gasteiger partial charge in [0.25, 0.3) is 0 Å². The third-order valence-electron chi connectivity index (χ3n) is 4.78. The largest absolute Gasteiger partial charge is 0.493 e. The van der Waals surface area contributed by atoms with Crippen molar-refractivity contribution in [3.05, 3.63) is 24.3 Å². The van der Waals surface area contributed by atoms with Crippen molar-refractivity contribution in [1.82, 2.24) is 10.0 Å². The monoisotopic (exact) mass is 350 g/mol. The van der Waals surface area contributed by atoms with Crippen molar-refractivity contribution in [2.75, 3.05) is 39.1 Å². The predicted molar refractivity (Wildman–Crippen MR) is 96.5 cm³/mol. The summed E-state index contributed by atoms with van der Waals surface area (Å²) in [4.78, 5) is 12.0. The molecule has 0 N–H and O–H groups in total. The number of hydrogen-bond donors (Lipinski definition) is 0. The molecule has 0 radical (unpaired) electrons. The van der Waals surface area contributed by atoms with E-state index < -0.39 is 4.87 Å². The molecule has 3 rings (SSSR count). The Morgan fingerprint density at radius 2 is 1.88 bits per heavy atom. The molecular weight excluding hydrogens is 324 g/mol. The number of benzene rings is 1. The summed E-state index contributed by atoms with van der Waals surface area (Å²) in [6.07, 6.45) is 3.67. The van der Waals surface area contributed by atoms with Gasteiger partial charge in [-0.05, 0) is 31.9 Å². The van der Waals surface area contributed by atoms with Crippen LogP contribution in [0.4, 0.5) is 0 Å². The van der Waals surface area contributed by atoms with E-state index in [1.807, 2.05) is 24.3 Å². The van der Waals surface area contributed by atoms with Crippen LogP contribution in [-0.4, -0.2) is 59.8 Å². The number of hydrogen-bond acceptors (Lipinski definition) is 6. The molecule has 1 atom stereocenters. The van der Waals surface area contributed by atoms with Gasteiger partial charge in [0.05, 0.1) is 7.11 Å². The molecule has 5 nitrogen and oxygen atoms in total. The van der Waals surface area contributed by atoms with E-state index in [4.69, 9.17) is 9.47 Å². The van der Waals surface area contributed by atoms with E-state index >= 15 is 0 Å². The maximum atomic E-state index is 12.6. The van der Waals surface area contributed by atoms with Crippen LogP contribution in [0.3, 0.4) is 0 Å². The van der Waals surface area contributed by atoms with Crippen molar-refractivity contribution in [1.29, 1.82) is 0 Å². The summed E-state index contributed by atoms with van der Waals surface area (Å²) in [5.41, 5.74) is 0. The van der Waals surface area contributed by atoms with Gasteiger partial charge in [-0.2, -0.15) is 0 Å². The molecule has 24 heavy (non-hydrogen) atoms. The van der Waals surface area contributed by atoms with Gasteiger partial charge in [0.2, 0.25) is 0 Å². The zero-order valence-electron chi connectivity index (χ0n) is 14.5. The minimum Gasteiger partial charge on any atom is -0.493 e. The summed E-state index contributed by atoms with van der Waals surface area (Å²) in [6, 6.07) is 7.59. The van der Waals surface area contributed by atoms with Gasteiger partial charge in [0.15, 0.2) is 22.2 Å². The van der Waals surface area contributed by atoms with Crippen molar-refractivity contribution in [2.45, 2.75) is 31.1 Å². The summed E-state index contributed by atoms with van der Waals surface area (Å²) in [5, 5.41) is 4.62. The number of thioether (sulfide) groups is 1. The van der Waals surface area contributed by atoms with Gasteiger partial charge in [-0.1, -0.05) is 18.6 Å². The van der Waals surface area contributed by atoms with Crippen molar-refractivity contribution in [3.63, 3.8) is 0 Å². The molecule has 2 saturated heterocycles. The van der Waals surface area contributed by atoms with E-state index in [1.54, 1.807) is 25.8 Å². The van der Waals surface area contributed by atoms with E-state index in [9.17, 15) is 4.79 Å². The number of hydrazine groups is 1. The molecule has 132 valence electrons. The molecule has 1 unspecified atom stereocenters. The summed E-state index contributed by atoms with van der Waals surface area (Å²) in [5.74, 6) is 2.49. The molecule has 0 saturated carbocycles. The van der Waals surface area contributed by atoms with Crippen LogP contribution in [-0.2, 0) is 4.79 Å². The van der Waals surface area contributed by atoms with Gasteiger partial charge < -0.3 is 9.47 Å². The first-order chi connectivity index (χ1) is 11.7. The molecule has 0 bridgehead atoms. The Bertz CT molecular complexity index is 577. The lowest BCUT2D eigenvalue weighted by Crippen LogP contribution is -2.59. The van der Waals surface area contributed by atoms with Gasteiger partial charge in [-0.25, -0.2) is 10.0 Å². The summed E-state index contributed by atoms with van der Waals surface area (Å²) in [6.45, 7) is 4.98. The quantitative estimate of drug-likeness (QED) is 0.786. The highest BCUT2D eigenvalue weighted by Crippen LogP contribution is 2.40. The number of piperidine rings is 1. The van der Waals surface area contributed by atoms with Crippen LogP contribution in [0.1, 0.15) is 26.2 Å². The summed E-state index contributed by atoms with van der Waals surface area (Å²) in [7, 11) is 1.63. The maximum absolute atomic E-state index is 12.6. The number of carbonyl (C=O) groups is 1. The second-order valence-electron chi connectivity index (χ2n) is 6.27. The Hall–Kier alpha value is -1.24. The van der Waals surface area contributed by atoms with E-state index in [2.05, 4.69) is 10.0 Å². The van der Waals surface area contributed by atoms with E-state index in [0.717, 1.165) is 25.4 Å². The first-order valence-corrected chi connectivity index (χ1v) is 9.59. The Kier molecular flexibility index (Phi) is 5.69. The molecule has 0 spiro atoms. The van der Waals surface area contributed by atoms with Crippen molar-refractivity contribution < 1.29 is 14.3 Å². The van der Waals surface area contributed by atoms with Crippen LogP contribution in [0.2, 0.25) is 0 Å². The lowest BCUT2D eigenvalue weighted by Gasteiger charge is -2.43. The molecule has 0 amide bonds. The number of para-hydroxylation sites is 2. The van der Waals surface area contributed by atoms with Gasteiger partial charge in [0, 0.05) is 25.4 Å². The fourth-order valence-corrected chi connectivity index (χ4v) is 4.76. The van der Waals surface area contributed by atoms with Crippen LogP contribution >= 0.6 is 11.8 Å². The van der Waals surface area contributed by atoms with Crippen LogP contribution < -0.4 is 9.47 Å². The molecule has 0 aliphatic carbocycles. The topological polar surface area (TPSA) is 42.0 Å². The highest BCUT2D eigenvalue weighted by Gasteiger charge is 2.49. The third kappa shape index (κ3) is 3.41. The van der Waals surface area contributed by atoms with Crippen molar-refractivity contribution in [3.8, 4) is 11.5 Å². The number of ether oxygens (including phenoxy) is 2. The molecule has 2 heterocycles. The SMILES string of the molecule is COc1ccccc1OCC1(C(C)=O)SCCN1N1CCCCC1. The second-order valence-corrected chi connectivity index (χ2v) is 7.64. The normalized spacial score (nSPS) is 25.6. The summed E-state index contributed by atoms with van der Waals surface area (Å²) >= 11 is 1.70. The Balaban J connectivity index is 1.78. The summed E-state index contributed by atoms with van der Waals surface area (Å²) < 4.78 is 11.4. The molecule has 1 aromatic rings. The highest BCUT2D eigenvalue weighted by molar-refractivity contribution is 8.01. The van der Waals surface area contributed by atoms with Crippen molar-refractivity contribution >= 4 is 17.5 Å². The molecule has 2 aliphatic heterocycles. The fraction of sp³-hybridized carbons (Fsp3) is 0.611. The van der Waals surface area contributed by atoms with Crippen LogP contribution in [0.15, 0.2) is 24.3 Å². The van der Waals surface area contributed by atoms with Gasteiger partial charge in [0.1, 0.15) is 6.61 Å². The minimum absolute atomic E-state index is 0.158. The third-order valence-corrected chi connectivity index (χ3v) is 6.26. The van der Waals surface area contributed by atoms with Crippen LogP contribution in [0, 0.1) is 0 Å². The maximum Gasteiger partial charge on any atom is 0.173 e. The zero-order valence-corrected chi connectivity index (χ0v) is 15.3. The smallest absolute Gasteiger partial charge is 0.173 e. The highest BCUT2D eigenvalue weighted by atomic mass is 32.2. The van der Waals surface area contributed by atoms with E-state index in [0.29, 0.717) is 18.1 Å². The first kappa shape index (κ1) is 17.6. The molecule has 2 aliphatic rings. The number of methoxy groups -OCH3 is 1. The van der Waals surface area contributed by atoms with Gasteiger partial charge in [-0.3, -0.25) is 4.79 Å². The van der Waals surface area contributed by atoms with Crippen LogP contribution in [0.5, 0.6) is 11.5 Å². The number of carbonyl (C=O) groups excluding carboxylic acids is 1. The molecule has 0 aromatic heterocycles. The van der Waals surface area contributed by atoms with E-state index in [1.165, 1.54) is 19.3 Å². The van der Waals surface area contributed by atoms with Crippen LogP contribution in [0.25, 0.3) is 0 Å². The number of nitrogens with zero attached hydrogens (tertiary/aromatic N) is 2. The molecule has 1 aromatic carbocycles. The number of ketones is 1. The number of Topliss-reactive ketones (excluding diaryl/α,β-unsaturated/α-hetero) is 1.